The van der Waals surface area contributed by atoms with Crippen molar-refractivity contribution in [3.8, 4) is 0 Å². The van der Waals surface area contributed by atoms with E-state index in [2.05, 4.69) is 31.4 Å². The summed E-state index contributed by atoms with van der Waals surface area (Å²) in [5, 5.41) is 6.29. The van der Waals surface area contributed by atoms with Gasteiger partial charge in [-0.15, -0.1) is 0 Å². The van der Waals surface area contributed by atoms with Gasteiger partial charge in [0, 0.05) is 36.7 Å². The number of piperidine rings is 1. The van der Waals surface area contributed by atoms with Crippen molar-refractivity contribution < 1.29 is 18.0 Å². The zero-order valence-electron chi connectivity index (χ0n) is 22.1. The number of hydrogen-bond donors (Lipinski definition) is 2. The van der Waals surface area contributed by atoms with E-state index >= 15 is 0 Å². The van der Waals surface area contributed by atoms with Gasteiger partial charge in [0.2, 0.25) is 15.9 Å². The number of nitrogens with zero attached hydrogens (tertiary/aromatic N) is 1. The lowest BCUT2D eigenvalue weighted by Gasteiger charge is -2.35. The Labute approximate surface area is 221 Å². The average Bonchev–Trinajstić information content (AvgIpc) is 2.90. The molecule has 4 rings (SSSR count). The Morgan fingerprint density at radius 2 is 1.38 bits per heavy atom. The Balaban J connectivity index is 1.33. The first-order chi connectivity index (χ1) is 17.6. The van der Waals surface area contributed by atoms with Crippen molar-refractivity contribution >= 4 is 21.8 Å². The van der Waals surface area contributed by atoms with Crippen molar-refractivity contribution in [3.05, 3.63) is 65.7 Å². The van der Waals surface area contributed by atoms with Crippen molar-refractivity contribution in [2.75, 3.05) is 13.1 Å². The van der Waals surface area contributed by atoms with Gasteiger partial charge in [0.25, 0.3) is 5.91 Å². The fourth-order valence-corrected chi connectivity index (χ4v) is 6.72. The summed E-state index contributed by atoms with van der Waals surface area (Å²) in [5.74, 6) is -0.402. The van der Waals surface area contributed by atoms with Crippen LogP contribution in [0.2, 0.25) is 0 Å². The predicted molar refractivity (Wildman–Crippen MR) is 145 cm³/mol. The fraction of sp³-hybridized carbons (Fsp3) is 0.517. The van der Waals surface area contributed by atoms with Gasteiger partial charge in [-0.05, 0) is 60.9 Å². The molecule has 7 nitrogen and oxygen atoms in total. The molecule has 2 aromatic carbocycles. The summed E-state index contributed by atoms with van der Waals surface area (Å²) < 4.78 is 27.9. The van der Waals surface area contributed by atoms with Crippen LogP contribution in [-0.2, 0) is 20.2 Å². The quantitative estimate of drug-likeness (QED) is 0.590. The van der Waals surface area contributed by atoms with Gasteiger partial charge < -0.3 is 10.6 Å². The van der Waals surface area contributed by atoms with E-state index in [1.54, 1.807) is 24.3 Å². The van der Waals surface area contributed by atoms with Gasteiger partial charge in [-0.2, -0.15) is 4.31 Å². The molecule has 2 N–H and O–H groups in total. The van der Waals surface area contributed by atoms with Gasteiger partial charge in [0.05, 0.1) is 4.90 Å². The van der Waals surface area contributed by atoms with Crippen LogP contribution in [0.15, 0.2) is 59.5 Å². The van der Waals surface area contributed by atoms with Crippen molar-refractivity contribution in [1.82, 2.24) is 14.9 Å². The van der Waals surface area contributed by atoms with Crippen molar-refractivity contribution in [1.29, 1.82) is 0 Å². The molecule has 200 valence electrons. The summed E-state index contributed by atoms with van der Waals surface area (Å²) >= 11 is 0. The van der Waals surface area contributed by atoms with Crippen molar-refractivity contribution in [2.45, 2.75) is 81.7 Å². The van der Waals surface area contributed by atoms with Crippen LogP contribution >= 0.6 is 0 Å². The molecule has 1 aliphatic heterocycles. The van der Waals surface area contributed by atoms with Gasteiger partial charge in [-0.1, -0.05) is 63.9 Å². The minimum Gasteiger partial charge on any atom is -0.351 e. The van der Waals surface area contributed by atoms with E-state index in [4.69, 9.17) is 0 Å². The first-order valence-electron chi connectivity index (χ1n) is 13.3. The van der Waals surface area contributed by atoms with E-state index < -0.39 is 10.0 Å². The lowest BCUT2D eigenvalue weighted by atomic mass is 9.87. The molecule has 0 unspecified atom stereocenters. The number of nitrogens with one attached hydrogen (secondary N) is 2. The van der Waals surface area contributed by atoms with E-state index in [0.717, 1.165) is 31.2 Å². The third kappa shape index (κ3) is 6.60. The number of hydrogen-bond acceptors (Lipinski definition) is 4. The maximum Gasteiger partial charge on any atom is 0.251 e. The molecule has 1 saturated carbocycles. The zero-order chi connectivity index (χ0) is 26.6. The monoisotopic (exact) mass is 525 g/mol. The molecular formula is C29H39N3O4S. The summed E-state index contributed by atoms with van der Waals surface area (Å²) in [4.78, 5) is 26.1. The molecule has 0 aromatic heterocycles. The smallest absolute Gasteiger partial charge is 0.251 e. The first kappa shape index (κ1) is 27.3. The van der Waals surface area contributed by atoms with Crippen LogP contribution in [-0.4, -0.2) is 49.7 Å². The second kappa shape index (κ2) is 11.4. The lowest BCUT2D eigenvalue weighted by molar-refractivity contribution is -0.127. The maximum atomic E-state index is 13.2. The van der Waals surface area contributed by atoms with Crippen LogP contribution < -0.4 is 10.6 Å². The van der Waals surface area contributed by atoms with Gasteiger partial charge in [0.15, 0.2) is 0 Å². The summed E-state index contributed by atoms with van der Waals surface area (Å²) in [6, 6.07) is 16.0. The maximum absolute atomic E-state index is 13.2. The second-order valence-electron chi connectivity index (χ2n) is 11.3. The number of amides is 2. The molecule has 2 amide bonds. The highest BCUT2D eigenvalue weighted by atomic mass is 32.2. The predicted octanol–water partition coefficient (Wildman–Crippen LogP) is 4.24. The normalized spacial score (nSPS) is 21.8. The molecule has 2 aromatic rings. The van der Waals surface area contributed by atoms with Crippen LogP contribution in [0.5, 0.6) is 0 Å². The number of rotatable bonds is 6. The molecule has 8 heteroatoms. The minimum absolute atomic E-state index is 0.0440. The molecule has 2 fully saturated rings. The third-order valence-electron chi connectivity index (χ3n) is 7.63. The fourth-order valence-electron chi connectivity index (χ4n) is 5.25. The number of sulfonamides is 1. The highest BCUT2D eigenvalue weighted by Gasteiger charge is 2.35. The molecular weight excluding hydrogens is 486 g/mol. The first-order valence-corrected chi connectivity index (χ1v) is 14.8. The highest BCUT2D eigenvalue weighted by Crippen LogP contribution is 2.28. The SMILES string of the molecule is CC(C)(C)c1ccc(S(=O)(=O)N2CCC(C(=O)N[C@@H]3CCCC[C@H]3NC(=O)c3ccccc3)CC2)cc1. The van der Waals surface area contributed by atoms with E-state index in [1.165, 1.54) is 4.31 Å². The zero-order valence-corrected chi connectivity index (χ0v) is 22.9. The van der Waals surface area contributed by atoms with Crippen LogP contribution in [0.25, 0.3) is 0 Å². The van der Waals surface area contributed by atoms with E-state index in [1.807, 2.05) is 30.3 Å². The number of carbonyl (C=O) groups is 2. The van der Waals surface area contributed by atoms with Gasteiger partial charge in [-0.3, -0.25) is 9.59 Å². The molecule has 37 heavy (non-hydrogen) atoms. The number of carbonyl (C=O) groups excluding carboxylic acids is 2. The van der Waals surface area contributed by atoms with Gasteiger partial charge in [-0.25, -0.2) is 8.42 Å². The Morgan fingerprint density at radius 3 is 1.95 bits per heavy atom. The Kier molecular flexibility index (Phi) is 8.39. The lowest BCUT2D eigenvalue weighted by Crippen LogP contribution is -2.55. The second-order valence-corrected chi connectivity index (χ2v) is 13.2. The highest BCUT2D eigenvalue weighted by molar-refractivity contribution is 7.89. The van der Waals surface area contributed by atoms with Crippen LogP contribution in [0.1, 0.15) is 75.2 Å². The summed E-state index contributed by atoms with van der Waals surface area (Å²) in [6.07, 6.45) is 4.64. The van der Waals surface area contributed by atoms with Gasteiger partial charge >= 0.3 is 0 Å². The largest absolute Gasteiger partial charge is 0.351 e. The van der Waals surface area contributed by atoms with E-state index in [0.29, 0.717) is 36.4 Å². The van der Waals surface area contributed by atoms with E-state index in [-0.39, 0.29) is 35.2 Å². The summed E-state index contributed by atoms with van der Waals surface area (Å²) in [6.45, 7) is 6.93. The topological polar surface area (TPSA) is 95.6 Å². The average molecular weight is 526 g/mol. The van der Waals surface area contributed by atoms with E-state index in [9.17, 15) is 18.0 Å². The van der Waals surface area contributed by atoms with Crippen LogP contribution in [0.4, 0.5) is 0 Å². The van der Waals surface area contributed by atoms with Crippen molar-refractivity contribution in [3.63, 3.8) is 0 Å². The Bertz CT molecular complexity index is 1180. The molecule has 0 spiro atoms. The van der Waals surface area contributed by atoms with Crippen LogP contribution in [0.3, 0.4) is 0 Å². The standard InChI is InChI=1S/C29H39N3O4S/c1-29(2,3)23-13-15-24(16-14-23)37(35,36)32-19-17-22(18-20-32)28(34)31-26-12-8-7-11-25(26)30-27(33)21-9-5-4-6-10-21/h4-6,9-10,13-16,22,25-26H,7-8,11-12,17-20H2,1-3H3,(H,30,33)(H,31,34)/t25-,26-/m1/s1. The summed E-state index contributed by atoms with van der Waals surface area (Å²) in [7, 11) is -3.60. The molecule has 1 saturated heterocycles. The van der Waals surface area contributed by atoms with Crippen LogP contribution in [0, 0.1) is 5.92 Å². The molecule has 0 radical (unpaired) electrons. The molecule has 1 heterocycles. The van der Waals surface area contributed by atoms with Crippen molar-refractivity contribution in [2.24, 2.45) is 5.92 Å². The molecule has 2 aliphatic rings. The third-order valence-corrected chi connectivity index (χ3v) is 9.54. The Hall–Kier alpha value is -2.71. The van der Waals surface area contributed by atoms with Gasteiger partial charge in [0.1, 0.15) is 0 Å². The Morgan fingerprint density at radius 1 is 0.811 bits per heavy atom. The number of benzene rings is 2. The molecule has 2 atom stereocenters. The summed E-state index contributed by atoms with van der Waals surface area (Å²) in [5.41, 5.74) is 1.65. The minimum atomic E-state index is -3.60. The molecule has 0 bridgehead atoms. The molecule has 1 aliphatic carbocycles.